The van der Waals surface area contributed by atoms with Crippen molar-refractivity contribution in [3.05, 3.63) is 35.2 Å². The van der Waals surface area contributed by atoms with Gasteiger partial charge in [-0.2, -0.15) is 5.10 Å². The van der Waals surface area contributed by atoms with E-state index in [4.69, 9.17) is 16.3 Å². The number of methoxy groups -OCH3 is 1. The molecule has 0 unspecified atom stereocenters. The molecule has 2 N–H and O–H groups in total. The summed E-state index contributed by atoms with van der Waals surface area (Å²) in [6, 6.07) is 3.13. The lowest BCUT2D eigenvalue weighted by Crippen LogP contribution is -2.12. The molecule has 0 spiro atoms. The molecule has 2 rings (SSSR count). The molecule has 112 valence electrons. The fraction of sp³-hybridized carbons (Fsp3) is 0.308. The maximum atomic E-state index is 12.2. The van der Waals surface area contributed by atoms with Crippen LogP contribution in [0.5, 0.6) is 0 Å². The average Bonchev–Trinajstić information content (AvgIpc) is 2.91. The molecule has 0 fully saturated rings. The van der Waals surface area contributed by atoms with Crippen LogP contribution in [0.15, 0.2) is 24.5 Å². The first kappa shape index (κ1) is 15.3. The second-order valence-electron chi connectivity index (χ2n) is 4.25. The second kappa shape index (κ2) is 7.05. The van der Waals surface area contributed by atoms with Gasteiger partial charge in [-0.05, 0) is 12.1 Å². The van der Waals surface area contributed by atoms with E-state index in [0.29, 0.717) is 30.2 Å². The highest BCUT2D eigenvalue weighted by atomic mass is 35.5. The standard InChI is InChI=1S/C13H16ClN5O2/c1-15-12-6-9(5-11(14)18-12)13(20)17-10-7-16-19(8-10)3-4-21-2/h5-8H,3-4H2,1-2H3,(H,15,18)(H,17,20). The first-order valence-electron chi connectivity index (χ1n) is 6.30. The Morgan fingerprint density at radius 1 is 1.48 bits per heavy atom. The van der Waals surface area contributed by atoms with Gasteiger partial charge < -0.3 is 15.4 Å². The van der Waals surface area contributed by atoms with Gasteiger partial charge in [0.2, 0.25) is 0 Å². The Hall–Kier alpha value is -2.12. The summed E-state index contributed by atoms with van der Waals surface area (Å²) in [6.45, 7) is 1.18. The molecule has 2 heterocycles. The second-order valence-corrected chi connectivity index (χ2v) is 4.64. The van der Waals surface area contributed by atoms with Gasteiger partial charge in [-0.3, -0.25) is 9.48 Å². The van der Waals surface area contributed by atoms with Crippen molar-refractivity contribution in [3.8, 4) is 0 Å². The number of carbonyl (C=O) groups is 1. The smallest absolute Gasteiger partial charge is 0.255 e. The van der Waals surface area contributed by atoms with Crippen LogP contribution >= 0.6 is 11.6 Å². The lowest BCUT2D eigenvalue weighted by molar-refractivity contribution is 0.102. The lowest BCUT2D eigenvalue weighted by atomic mass is 10.2. The molecule has 21 heavy (non-hydrogen) atoms. The molecular weight excluding hydrogens is 294 g/mol. The van der Waals surface area contributed by atoms with Crippen molar-refractivity contribution in [1.29, 1.82) is 0 Å². The van der Waals surface area contributed by atoms with Crippen LogP contribution in [0.3, 0.4) is 0 Å². The first-order valence-corrected chi connectivity index (χ1v) is 6.68. The molecule has 0 aliphatic rings. The molecule has 0 aliphatic carbocycles. The monoisotopic (exact) mass is 309 g/mol. The van der Waals surface area contributed by atoms with Crippen molar-refractivity contribution in [1.82, 2.24) is 14.8 Å². The van der Waals surface area contributed by atoms with E-state index >= 15 is 0 Å². The number of anilines is 2. The predicted octanol–water partition coefficient (Wildman–Crippen LogP) is 1.87. The van der Waals surface area contributed by atoms with Gasteiger partial charge in [-0.25, -0.2) is 4.98 Å². The molecule has 8 heteroatoms. The largest absolute Gasteiger partial charge is 0.383 e. The van der Waals surface area contributed by atoms with Gasteiger partial charge in [-0.15, -0.1) is 0 Å². The SMILES string of the molecule is CNc1cc(C(=O)Nc2cnn(CCOC)c2)cc(Cl)n1. The summed E-state index contributed by atoms with van der Waals surface area (Å²) in [4.78, 5) is 16.2. The molecule has 1 amide bonds. The Morgan fingerprint density at radius 3 is 3.00 bits per heavy atom. The molecule has 0 aliphatic heterocycles. The highest BCUT2D eigenvalue weighted by Crippen LogP contribution is 2.16. The molecule has 0 saturated carbocycles. The Kier molecular flexibility index (Phi) is 5.13. The van der Waals surface area contributed by atoms with E-state index in [1.807, 2.05) is 0 Å². The Morgan fingerprint density at radius 2 is 2.29 bits per heavy atom. The minimum atomic E-state index is -0.276. The van der Waals surface area contributed by atoms with Crippen LogP contribution in [0.4, 0.5) is 11.5 Å². The van der Waals surface area contributed by atoms with Crippen molar-refractivity contribution in [3.63, 3.8) is 0 Å². The van der Waals surface area contributed by atoms with Gasteiger partial charge in [0.1, 0.15) is 11.0 Å². The molecule has 0 saturated heterocycles. The first-order chi connectivity index (χ1) is 10.1. The van der Waals surface area contributed by atoms with Crippen LogP contribution in [0, 0.1) is 0 Å². The number of hydrogen-bond donors (Lipinski definition) is 2. The van der Waals surface area contributed by atoms with Crippen molar-refractivity contribution in [2.24, 2.45) is 0 Å². The highest BCUT2D eigenvalue weighted by Gasteiger charge is 2.10. The van der Waals surface area contributed by atoms with Crippen molar-refractivity contribution in [2.75, 3.05) is 31.4 Å². The summed E-state index contributed by atoms with van der Waals surface area (Å²) < 4.78 is 6.66. The lowest BCUT2D eigenvalue weighted by Gasteiger charge is -2.05. The number of halogens is 1. The number of pyridine rings is 1. The average molecular weight is 310 g/mol. The molecule has 0 aromatic carbocycles. The maximum Gasteiger partial charge on any atom is 0.255 e. The third-order valence-corrected chi connectivity index (χ3v) is 2.92. The van der Waals surface area contributed by atoms with Crippen LogP contribution in [0.25, 0.3) is 0 Å². The van der Waals surface area contributed by atoms with E-state index in [1.165, 1.54) is 6.07 Å². The minimum Gasteiger partial charge on any atom is -0.383 e. The zero-order valence-corrected chi connectivity index (χ0v) is 12.5. The zero-order chi connectivity index (χ0) is 15.2. The van der Waals surface area contributed by atoms with E-state index in [-0.39, 0.29) is 11.1 Å². The van der Waals surface area contributed by atoms with Crippen molar-refractivity contribution in [2.45, 2.75) is 6.54 Å². The predicted molar refractivity (Wildman–Crippen MR) is 80.8 cm³/mol. The summed E-state index contributed by atoms with van der Waals surface area (Å²) in [7, 11) is 3.33. The quantitative estimate of drug-likeness (QED) is 0.796. The number of aromatic nitrogens is 3. The third kappa shape index (κ3) is 4.17. The van der Waals surface area contributed by atoms with Crippen LogP contribution < -0.4 is 10.6 Å². The van der Waals surface area contributed by atoms with Crippen molar-refractivity contribution >= 4 is 29.0 Å². The fourth-order valence-electron chi connectivity index (χ4n) is 1.69. The number of amides is 1. The van der Waals surface area contributed by atoms with Gasteiger partial charge >= 0.3 is 0 Å². The number of carbonyl (C=O) groups excluding carboxylic acids is 1. The number of nitrogens with zero attached hydrogens (tertiary/aromatic N) is 3. The Balaban J connectivity index is 2.07. The number of rotatable bonds is 6. The van der Waals surface area contributed by atoms with Crippen molar-refractivity contribution < 1.29 is 9.53 Å². The molecule has 0 atom stereocenters. The van der Waals surface area contributed by atoms with Gasteiger partial charge in [0.05, 0.1) is 25.0 Å². The number of hydrogen-bond acceptors (Lipinski definition) is 5. The summed E-state index contributed by atoms with van der Waals surface area (Å²) in [6.07, 6.45) is 3.31. The van der Waals surface area contributed by atoms with Crippen LogP contribution in [-0.2, 0) is 11.3 Å². The van der Waals surface area contributed by atoms with Crippen LogP contribution in [0.2, 0.25) is 5.15 Å². The van der Waals surface area contributed by atoms with Gasteiger partial charge in [0.25, 0.3) is 5.91 Å². The van der Waals surface area contributed by atoms with E-state index in [2.05, 4.69) is 20.7 Å². The van der Waals surface area contributed by atoms with Gasteiger partial charge in [0, 0.05) is 25.9 Å². The molecule has 7 nitrogen and oxygen atoms in total. The van der Waals surface area contributed by atoms with E-state index in [0.717, 1.165) is 0 Å². The molecular formula is C13H16ClN5O2. The fourth-order valence-corrected chi connectivity index (χ4v) is 1.90. The minimum absolute atomic E-state index is 0.253. The van der Waals surface area contributed by atoms with E-state index < -0.39 is 0 Å². The summed E-state index contributed by atoms with van der Waals surface area (Å²) in [5.74, 6) is 0.255. The Labute approximate surface area is 127 Å². The zero-order valence-electron chi connectivity index (χ0n) is 11.8. The summed E-state index contributed by atoms with van der Waals surface area (Å²) in [5, 5.41) is 9.98. The maximum absolute atomic E-state index is 12.2. The molecule has 2 aromatic heterocycles. The van der Waals surface area contributed by atoms with Crippen LogP contribution in [-0.4, -0.2) is 41.4 Å². The Bertz CT molecular complexity index is 629. The van der Waals surface area contributed by atoms with E-state index in [9.17, 15) is 4.79 Å². The van der Waals surface area contributed by atoms with E-state index in [1.54, 1.807) is 37.3 Å². The summed E-state index contributed by atoms with van der Waals surface area (Å²) >= 11 is 5.88. The normalized spacial score (nSPS) is 10.4. The molecule has 0 radical (unpaired) electrons. The van der Waals surface area contributed by atoms with Gasteiger partial charge in [-0.1, -0.05) is 11.6 Å². The van der Waals surface area contributed by atoms with Gasteiger partial charge in [0.15, 0.2) is 0 Å². The number of nitrogens with one attached hydrogen (secondary N) is 2. The highest BCUT2D eigenvalue weighted by molar-refractivity contribution is 6.30. The molecule has 0 bridgehead atoms. The van der Waals surface area contributed by atoms with Crippen LogP contribution in [0.1, 0.15) is 10.4 Å². The molecule has 2 aromatic rings. The number of ether oxygens (including phenoxy) is 1. The summed E-state index contributed by atoms with van der Waals surface area (Å²) in [5.41, 5.74) is 1.03. The third-order valence-electron chi connectivity index (χ3n) is 2.73. The topological polar surface area (TPSA) is 81.1 Å².